The van der Waals surface area contributed by atoms with Gasteiger partial charge < -0.3 is 19.4 Å². The minimum atomic E-state index is -0.0865. The first-order chi connectivity index (χ1) is 16.6. The average Bonchev–Trinajstić information content (AvgIpc) is 3.47. The highest BCUT2D eigenvalue weighted by Gasteiger charge is 2.41. The van der Waals surface area contributed by atoms with Gasteiger partial charge in [0.05, 0.1) is 24.9 Å². The second-order valence-corrected chi connectivity index (χ2v) is 9.61. The van der Waals surface area contributed by atoms with Crippen LogP contribution < -0.4 is 5.32 Å². The van der Waals surface area contributed by atoms with Crippen LogP contribution in [0.25, 0.3) is 11.3 Å². The molecule has 178 valence electrons. The molecule has 2 saturated heterocycles. The fourth-order valence-corrected chi connectivity index (χ4v) is 5.26. The second kappa shape index (κ2) is 10.4. The molecule has 0 bridgehead atoms. The van der Waals surface area contributed by atoms with E-state index in [9.17, 15) is 0 Å². The Hall–Kier alpha value is -2.45. The molecule has 8 heteroatoms. The predicted molar refractivity (Wildman–Crippen MR) is 138 cm³/mol. The van der Waals surface area contributed by atoms with E-state index < -0.39 is 0 Å². The maximum Gasteiger partial charge on any atom is 0.170 e. The second-order valence-electron chi connectivity index (χ2n) is 8.79. The molecule has 1 aromatic carbocycles. The molecule has 2 aliphatic rings. The lowest BCUT2D eigenvalue weighted by molar-refractivity contribution is 0.0365. The van der Waals surface area contributed by atoms with Crippen LogP contribution in [-0.2, 0) is 4.74 Å². The fraction of sp³-hybridized carbons (Fsp3) is 0.385. The number of benzene rings is 1. The Morgan fingerprint density at radius 1 is 1.12 bits per heavy atom. The third-order valence-corrected chi connectivity index (χ3v) is 7.15. The fourth-order valence-electron chi connectivity index (χ4n) is 4.76. The average molecular weight is 497 g/mol. The Morgan fingerprint density at radius 3 is 2.76 bits per heavy atom. The number of aryl methyl sites for hydroxylation is 1. The van der Waals surface area contributed by atoms with E-state index in [-0.39, 0.29) is 12.1 Å². The van der Waals surface area contributed by atoms with E-state index in [1.807, 2.05) is 48.7 Å². The van der Waals surface area contributed by atoms with E-state index in [4.69, 9.17) is 33.0 Å². The van der Waals surface area contributed by atoms with Crippen LogP contribution in [0.15, 0.2) is 59.1 Å². The van der Waals surface area contributed by atoms with Crippen molar-refractivity contribution >= 4 is 28.9 Å². The summed E-state index contributed by atoms with van der Waals surface area (Å²) in [5, 5.41) is 4.94. The molecule has 0 saturated carbocycles. The Kier molecular flexibility index (Phi) is 7.15. The number of hydrogen-bond acceptors (Lipinski definition) is 5. The van der Waals surface area contributed by atoms with E-state index in [2.05, 4.69) is 33.1 Å². The molecular formula is C26H29ClN4O2S. The number of thiocarbonyl (C=S) groups is 1. The van der Waals surface area contributed by atoms with Gasteiger partial charge in [-0.2, -0.15) is 0 Å². The number of furan rings is 1. The molecule has 3 aromatic rings. The number of morpholine rings is 1. The molecule has 2 fully saturated rings. The van der Waals surface area contributed by atoms with Crippen molar-refractivity contribution in [2.75, 3.05) is 39.4 Å². The topological polar surface area (TPSA) is 53.8 Å². The Balaban J connectivity index is 1.41. The van der Waals surface area contributed by atoms with Crippen molar-refractivity contribution < 1.29 is 9.15 Å². The van der Waals surface area contributed by atoms with E-state index in [0.29, 0.717) is 5.02 Å². The van der Waals surface area contributed by atoms with E-state index >= 15 is 0 Å². The molecule has 2 aliphatic heterocycles. The highest BCUT2D eigenvalue weighted by atomic mass is 35.5. The zero-order valence-corrected chi connectivity index (χ0v) is 20.8. The minimum Gasteiger partial charge on any atom is -0.459 e. The monoisotopic (exact) mass is 496 g/mol. The van der Waals surface area contributed by atoms with Crippen LogP contribution in [0.1, 0.15) is 35.5 Å². The lowest BCUT2D eigenvalue weighted by atomic mass is 10.0. The third-order valence-electron chi connectivity index (χ3n) is 6.56. The summed E-state index contributed by atoms with van der Waals surface area (Å²) in [4.78, 5) is 9.32. The van der Waals surface area contributed by atoms with Crippen molar-refractivity contribution in [2.24, 2.45) is 0 Å². The molecule has 0 spiro atoms. The summed E-state index contributed by atoms with van der Waals surface area (Å²) in [5.74, 6) is 1.67. The van der Waals surface area contributed by atoms with Crippen LogP contribution in [0.2, 0.25) is 5.02 Å². The maximum atomic E-state index is 6.46. The van der Waals surface area contributed by atoms with Crippen molar-refractivity contribution in [3.8, 4) is 11.3 Å². The van der Waals surface area contributed by atoms with Crippen LogP contribution in [-0.4, -0.2) is 59.3 Å². The molecule has 0 amide bonds. The molecule has 4 heterocycles. The van der Waals surface area contributed by atoms with Gasteiger partial charge in [-0.25, -0.2) is 0 Å². The summed E-state index contributed by atoms with van der Waals surface area (Å²) in [7, 11) is 0. The molecule has 0 unspecified atom stereocenters. The molecule has 6 nitrogen and oxygen atoms in total. The van der Waals surface area contributed by atoms with Crippen LogP contribution in [0.3, 0.4) is 0 Å². The number of rotatable bonds is 7. The first-order valence-electron chi connectivity index (χ1n) is 11.7. The summed E-state index contributed by atoms with van der Waals surface area (Å²) < 4.78 is 11.9. The van der Waals surface area contributed by atoms with Crippen molar-refractivity contribution in [1.82, 2.24) is 20.1 Å². The van der Waals surface area contributed by atoms with Gasteiger partial charge in [0.2, 0.25) is 0 Å². The zero-order valence-electron chi connectivity index (χ0n) is 19.2. The normalized spacial score (nSPS) is 21.1. The van der Waals surface area contributed by atoms with Gasteiger partial charge in [0.1, 0.15) is 17.6 Å². The molecular weight excluding hydrogens is 468 g/mol. The molecule has 0 aliphatic carbocycles. The first-order valence-corrected chi connectivity index (χ1v) is 12.5. The van der Waals surface area contributed by atoms with Crippen molar-refractivity contribution in [3.05, 3.63) is 76.8 Å². The summed E-state index contributed by atoms with van der Waals surface area (Å²) in [6, 6.07) is 15.8. The first kappa shape index (κ1) is 23.3. The van der Waals surface area contributed by atoms with E-state index in [1.165, 1.54) is 0 Å². The highest BCUT2D eigenvalue weighted by Crippen LogP contribution is 2.41. The molecule has 5 rings (SSSR count). The number of aromatic nitrogens is 1. The Bertz CT molecular complexity index is 1130. The van der Waals surface area contributed by atoms with Gasteiger partial charge in [-0.15, -0.1) is 0 Å². The van der Waals surface area contributed by atoms with Crippen LogP contribution >= 0.6 is 23.8 Å². The van der Waals surface area contributed by atoms with E-state index in [1.54, 1.807) is 0 Å². The number of nitrogens with zero attached hydrogens (tertiary/aromatic N) is 3. The number of pyridine rings is 1. The molecule has 1 N–H and O–H groups in total. The minimum absolute atomic E-state index is 0.0830. The van der Waals surface area contributed by atoms with Gasteiger partial charge in [-0.05, 0) is 67.5 Å². The number of ether oxygens (including phenoxy) is 1. The van der Waals surface area contributed by atoms with Gasteiger partial charge in [-0.1, -0.05) is 23.7 Å². The van der Waals surface area contributed by atoms with Gasteiger partial charge >= 0.3 is 0 Å². The van der Waals surface area contributed by atoms with Crippen LogP contribution in [0, 0.1) is 6.92 Å². The predicted octanol–water partition coefficient (Wildman–Crippen LogP) is 5.00. The van der Waals surface area contributed by atoms with Gasteiger partial charge in [0.15, 0.2) is 5.11 Å². The van der Waals surface area contributed by atoms with Gasteiger partial charge in [0, 0.05) is 43.0 Å². The summed E-state index contributed by atoms with van der Waals surface area (Å²) in [6.07, 6.45) is 2.83. The Labute approximate surface area is 210 Å². The van der Waals surface area contributed by atoms with E-state index in [0.717, 1.165) is 79.3 Å². The number of halogens is 1. The third kappa shape index (κ3) is 4.98. The van der Waals surface area contributed by atoms with Crippen molar-refractivity contribution in [3.63, 3.8) is 0 Å². The highest BCUT2D eigenvalue weighted by molar-refractivity contribution is 7.80. The quantitative estimate of drug-likeness (QED) is 0.462. The molecule has 2 atom stereocenters. The summed E-state index contributed by atoms with van der Waals surface area (Å²) >= 11 is 12.1. The molecule has 34 heavy (non-hydrogen) atoms. The molecule has 2 aromatic heterocycles. The number of hydrogen-bond donors (Lipinski definition) is 1. The SMILES string of the molecule is Cc1ccc(Cl)cc1-c1ccc([C@H]2[C@@H](c3ccccn3)NC(=S)N2CCCN2CCOCC2)o1. The van der Waals surface area contributed by atoms with Crippen LogP contribution in [0.5, 0.6) is 0 Å². The maximum absolute atomic E-state index is 6.46. The largest absolute Gasteiger partial charge is 0.459 e. The van der Waals surface area contributed by atoms with Crippen molar-refractivity contribution in [1.29, 1.82) is 0 Å². The summed E-state index contributed by atoms with van der Waals surface area (Å²) in [5.41, 5.74) is 3.07. The number of nitrogens with one attached hydrogen (secondary N) is 1. The van der Waals surface area contributed by atoms with Gasteiger partial charge in [0.25, 0.3) is 0 Å². The lowest BCUT2D eigenvalue weighted by Crippen LogP contribution is -2.38. The van der Waals surface area contributed by atoms with Crippen molar-refractivity contribution in [2.45, 2.75) is 25.4 Å². The lowest BCUT2D eigenvalue weighted by Gasteiger charge is -2.29. The molecule has 0 radical (unpaired) electrons. The Morgan fingerprint density at radius 2 is 1.97 bits per heavy atom. The van der Waals surface area contributed by atoms with Gasteiger partial charge in [-0.3, -0.25) is 9.88 Å². The van der Waals surface area contributed by atoms with Crippen LogP contribution in [0.4, 0.5) is 0 Å². The standard InChI is InChI=1S/C26H29ClN4O2S/c1-18-6-7-19(27)17-20(18)22-8-9-23(33-22)25-24(21-5-2-3-10-28-21)29-26(34)31(25)12-4-11-30-13-15-32-16-14-30/h2-3,5-10,17,24-25H,4,11-16H2,1H3,(H,29,34)/t24-,25+/m1/s1. The summed E-state index contributed by atoms with van der Waals surface area (Å²) in [6.45, 7) is 7.53. The zero-order chi connectivity index (χ0) is 23.5. The smallest absolute Gasteiger partial charge is 0.170 e.